The average Bonchev–Trinajstić information content (AvgIpc) is 3.26. The fourth-order valence-corrected chi connectivity index (χ4v) is 2.96. The topological polar surface area (TPSA) is 85.5 Å². The Hall–Kier alpha value is -3.48. The summed E-state index contributed by atoms with van der Waals surface area (Å²) in [5.74, 6) is -0.455. The molecule has 30 heavy (non-hydrogen) atoms. The lowest BCUT2D eigenvalue weighted by molar-refractivity contribution is -0.145. The standard InChI is InChI=1S/C23H25N3O4/c1-16(21(27)26(23(2,3)4)14-17-8-6-5-7-9-17)30-22(28)19-12-10-18(11-13-19)20-25-24-15-29-20/h5-13,15-16H,14H2,1-4H3/t16-/m1/s1. The number of amides is 1. The first kappa shape index (κ1) is 21.2. The van der Waals surface area contributed by atoms with Crippen molar-refractivity contribution in [3.05, 3.63) is 72.1 Å². The van der Waals surface area contributed by atoms with Gasteiger partial charge in [-0.3, -0.25) is 4.79 Å². The Labute approximate surface area is 175 Å². The van der Waals surface area contributed by atoms with E-state index >= 15 is 0 Å². The fourth-order valence-electron chi connectivity index (χ4n) is 2.96. The molecule has 1 aromatic heterocycles. The quantitative estimate of drug-likeness (QED) is 0.572. The summed E-state index contributed by atoms with van der Waals surface area (Å²) in [7, 11) is 0. The van der Waals surface area contributed by atoms with Crippen molar-refractivity contribution in [2.45, 2.75) is 45.9 Å². The number of aromatic nitrogens is 2. The second-order valence-corrected chi connectivity index (χ2v) is 7.95. The van der Waals surface area contributed by atoms with Crippen molar-refractivity contribution >= 4 is 11.9 Å². The van der Waals surface area contributed by atoms with Crippen molar-refractivity contribution < 1.29 is 18.7 Å². The van der Waals surface area contributed by atoms with E-state index in [0.717, 1.165) is 5.56 Å². The van der Waals surface area contributed by atoms with Crippen LogP contribution in [-0.4, -0.2) is 38.6 Å². The first-order valence-corrected chi connectivity index (χ1v) is 9.68. The smallest absolute Gasteiger partial charge is 0.338 e. The molecule has 3 aromatic rings. The molecule has 0 N–H and O–H groups in total. The molecule has 2 aromatic carbocycles. The molecule has 1 amide bonds. The molecule has 0 aliphatic heterocycles. The number of carbonyl (C=O) groups is 2. The molecule has 0 saturated heterocycles. The molecule has 0 fully saturated rings. The summed E-state index contributed by atoms with van der Waals surface area (Å²) in [4.78, 5) is 27.4. The monoisotopic (exact) mass is 407 g/mol. The maximum atomic E-state index is 13.1. The third kappa shape index (κ3) is 5.11. The van der Waals surface area contributed by atoms with Crippen molar-refractivity contribution in [3.8, 4) is 11.5 Å². The molecule has 0 radical (unpaired) electrons. The SMILES string of the molecule is C[C@@H](OC(=O)c1ccc(-c2nnco2)cc1)C(=O)N(Cc1ccccc1)C(C)(C)C. The van der Waals surface area contributed by atoms with Gasteiger partial charge < -0.3 is 14.1 Å². The van der Waals surface area contributed by atoms with Gasteiger partial charge in [-0.1, -0.05) is 30.3 Å². The number of esters is 1. The third-order valence-corrected chi connectivity index (χ3v) is 4.62. The zero-order valence-electron chi connectivity index (χ0n) is 17.5. The van der Waals surface area contributed by atoms with Crippen molar-refractivity contribution in [3.63, 3.8) is 0 Å². The summed E-state index contributed by atoms with van der Waals surface area (Å²) in [5, 5.41) is 7.46. The van der Waals surface area contributed by atoms with Gasteiger partial charge in [0.1, 0.15) is 0 Å². The Morgan fingerprint density at radius 2 is 1.73 bits per heavy atom. The Morgan fingerprint density at radius 1 is 1.07 bits per heavy atom. The first-order valence-electron chi connectivity index (χ1n) is 9.68. The molecule has 1 heterocycles. The van der Waals surface area contributed by atoms with Gasteiger partial charge in [0.25, 0.3) is 5.91 Å². The molecule has 0 unspecified atom stereocenters. The third-order valence-electron chi connectivity index (χ3n) is 4.62. The van der Waals surface area contributed by atoms with Crippen LogP contribution >= 0.6 is 0 Å². The van der Waals surface area contributed by atoms with Crippen LogP contribution in [0.5, 0.6) is 0 Å². The van der Waals surface area contributed by atoms with Crippen LogP contribution in [0.15, 0.2) is 65.4 Å². The normalized spacial score (nSPS) is 12.3. The van der Waals surface area contributed by atoms with Gasteiger partial charge in [0.2, 0.25) is 12.3 Å². The summed E-state index contributed by atoms with van der Waals surface area (Å²) < 4.78 is 10.6. The lowest BCUT2D eigenvalue weighted by Crippen LogP contribution is -2.49. The number of hydrogen-bond acceptors (Lipinski definition) is 6. The Balaban J connectivity index is 1.68. The van der Waals surface area contributed by atoms with Crippen LogP contribution in [0.25, 0.3) is 11.5 Å². The molecular weight excluding hydrogens is 382 g/mol. The minimum absolute atomic E-state index is 0.248. The zero-order valence-corrected chi connectivity index (χ0v) is 17.5. The van der Waals surface area contributed by atoms with E-state index in [1.54, 1.807) is 36.1 Å². The number of nitrogens with zero attached hydrogens (tertiary/aromatic N) is 3. The Kier molecular flexibility index (Phi) is 6.30. The van der Waals surface area contributed by atoms with Crippen molar-refractivity contribution in [1.82, 2.24) is 15.1 Å². The molecule has 7 heteroatoms. The van der Waals surface area contributed by atoms with Gasteiger partial charge in [0.05, 0.1) is 5.56 Å². The van der Waals surface area contributed by atoms with Crippen molar-refractivity contribution in [1.29, 1.82) is 0 Å². The molecule has 0 bridgehead atoms. The van der Waals surface area contributed by atoms with Crippen LogP contribution in [0, 0.1) is 0 Å². The number of benzene rings is 2. The van der Waals surface area contributed by atoms with Gasteiger partial charge in [-0.15, -0.1) is 10.2 Å². The second kappa shape index (κ2) is 8.90. The van der Waals surface area contributed by atoms with Crippen molar-refractivity contribution in [2.24, 2.45) is 0 Å². The van der Waals surface area contributed by atoms with Crippen LogP contribution in [0.3, 0.4) is 0 Å². The summed E-state index contributed by atoms with van der Waals surface area (Å²) in [5.41, 5.74) is 1.61. The summed E-state index contributed by atoms with van der Waals surface area (Å²) in [6.07, 6.45) is 0.317. The molecular formula is C23H25N3O4. The first-order chi connectivity index (χ1) is 14.3. The van der Waals surface area contributed by atoms with E-state index in [1.807, 2.05) is 51.1 Å². The van der Waals surface area contributed by atoms with Gasteiger partial charge in [-0.2, -0.15) is 0 Å². The molecule has 0 aliphatic carbocycles. The van der Waals surface area contributed by atoms with E-state index in [0.29, 0.717) is 23.6 Å². The maximum Gasteiger partial charge on any atom is 0.338 e. The molecule has 156 valence electrons. The summed E-state index contributed by atoms with van der Waals surface area (Å²) in [6.45, 7) is 7.90. The van der Waals surface area contributed by atoms with E-state index in [-0.39, 0.29) is 5.91 Å². The minimum Gasteiger partial charge on any atom is -0.449 e. The lowest BCUT2D eigenvalue weighted by atomic mass is 10.0. The number of carbonyl (C=O) groups excluding carboxylic acids is 2. The molecule has 3 rings (SSSR count). The van der Waals surface area contributed by atoms with Crippen LogP contribution < -0.4 is 0 Å². The maximum absolute atomic E-state index is 13.1. The largest absolute Gasteiger partial charge is 0.449 e. The number of rotatable bonds is 6. The van der Waals surface area contributed by atoms with E-state index in [2.05, 4.69) is 10.2 Å². The van der Waals surface area contributed by atoms with Gasteiger partial charge in [-0.25, -0.2) is 4.79 Å². The molecule has 0 saturated carbocycles. The minimum atomic E-state index is -0.920. The number of ether oxygens (including phenoxy) is 1. The zero-order chi connectivity index (χ0) is 21.7. The number of hydrogen-bond donors (Lipinski definition) is 0. The molecule has 0 spiro atoms. The second-order valence-electron chi connectivity index (χ2n) is 7.95. The van der Waals surface area contributed by atoms with Gasteiger partial charge in [0.15, 0.2) is 6.10 Å². The molecule has 1 atom stereocenters. The summed E-state index contributed by atoms with van der Waals surface area (Å²) >= 11 is 0. The van der Waals surface area contributed by atoms with Crippen LogP contribution in [-0.2, 0) is 16.1 Å². The van der Waals surface area contributed by atoms with Crippen molar-refractivity contribution in [2.75, 3.05) is 0 Å². The predicted molar refractivity (Wildman–Crippen MR) is 111 cm³/mol. The van der Waals surface area contributed by atoms with Gasteiger partial charge in [-0.05, 0) is 57.5 Å². The highest BCUT2D eigenvalue weighted by Crippen LogP contribution is 2.21. The van der Waals surface area contributed by atoms with E-state index in [9.17, 15) is 9.59 Å². The highest BCUT2D eigenvalue weighted by atomic mass is 16.5. The Morgan fingerprint density at radius 3 is 2.30 bits per heavy atom. The fraction of sp³-hybridized carbons (Fsp3) is 0.304. The van der Waals surface area contributed by atoms with Crippen LogP contribution in [0.1, 0.15) is 43.6 Å². The van der Waals surface area contributed by atoms with Gasteiger partial charge in [0, 0.05) is 17.6 Å². The Bertz CT molecular complexity index is 978. The average molecular weight is 407 g/mol. The van der Waals surface area contributed by atoms with Crippen LogP contribution in [0.4, 0.5) is 0 Å². The predicted octanol–water partition coefficient (Wildman–Crippen LogP) is 4.11. The molecule has 0 aliphatic rings. The molecule has 7 nitrogen and oxygen atoms in total. The van der Waals surface area contributed by atoms with E-state index in [4.69, 9.17) is 9.15 Å². The van der Waals surface area contributed by atoms with E-state index in [1.165, 1.54) is 6.39 Å². The highest BCUT2D eigenvalue weighted by molar-refractivity contribution is 5.92. The highest BCUT2D eigenvalue weighted by Gasteiger charge is 2.32. The van der Waals surface area contributed by atoms with Crippen LogP contribution in [0.2, 0.25) is 0 Å². The van der Waals surface area contributed by atoms with E-state index < -0.39 is 17.6 Å². The summed E-state index contributed by atoms with van der Waals surface area (Å²) in [6, 6.07) is 16.3. The lowest BCUT2D eigenvalue weighted by Gasteiger charge is -2.37. The van der Waals surface area contributed by atoms with Gasteiger partial charge >= 0.3 is 5.97 Å².